The predicted octanol–water partition coefficient (Wildman–Crippen LogP) is 5.48. The number of hydrogen-bond donors (Lipinski definition) is 1. The number of rotatable bonds is 15. The number of sulfonamides is 1. The highest BCUT2D eigenvalue weighted by Crippen LogP contribution is 2.39. The molecule has 0 aliphatic heterocycles. The van der Waals surface area contributed by atoms with Crippen molar-refractivity contribution in [1.82, 2.24) is 23.9 Å². The largest absolute Gasteiger partial charge is 0.493 e. The van der Waals surface area contributed by atoms with E-state index in [-0.39, 0.29) is 35.3 Å². The maximum atomic E-state index is 14.4. The summed E-state index contributed by atoms with van der Waals surface area (Å²) in [7, 11) is 2.00. The van der Waals surface area contributed by atoms with Gasteiger partial charge in [0.25, 0.3) is 5.56 Å². The molecule has 1 aliphatic rings. The lowest BCUT2D eigenvalue weighted by molar-refractivity contribution is 0.186. The second-order valence-corrected chi connectivity index (χ2v) is 14.1. The van der Waals surface area contributed by atoms with E-state index in [1.165, 1.54) is 50.6 Å². The standard InChI is InChI=1S/C35H47N5O8S/c1-7-48-28-16-15-26(49(42,43)39(17-12-18-44-3)22-24-19-29(45-4)32(47-6)30(20-24)46-5)21-27(28)33-37-35(41)31-23(2)36-34(40(31)38-33)25-13-10-8-9-11-14-25/h15-16,19-21,25H,7-14,17-18,22H2,1-6H3,(H,37,38,41). The highest BCUT2D eigenvalue weighted by atomic mass is 32.2. The summed E-state index contributed by atoms with van der Waals surface area (Å²) >= 11 is 0. The molecule has 2 aromatic heterocycles. The van der Waals surface area contributed by atoms with E-state index in [0.717, 1.165) is 31.5 Å². The maximum Gasteiger partial charge on any atom is 0.277 e. The Morgan fingerprint density at radius 1 is 0.959 bits per heavy atom. The van der Waals surface area contributed by atoms with E-state index in [4.69, 9.17) is 33.8 Å². The van der Waals surface area contributed by atoms with E-state index >= 15 is 0 Å². The number of imidazole rings is 1. The van der Waals surface area contributed by atoms with Gasteiger partial charge in [0, 0.05) is 32.7 Å². The van der Waals surface area contributed by atoms with Gasteiger partial charge in [-0.25, -0.2) is 17.9 Å². The summed E-state index contributed by atoms with van der Waals surface area (Å²) < 4.78 is 59.6. The Kier molecular flexibility index (Phi) is 11.8. The third-order valence-corrected chi connectivity index (χ3v) is 10.7. The van der Waals surface area contributed by atoms with Crippen molar-refractivity contribution in [3.8, 4) is 34.4 Å². The van der Waals surface area contributed by atoms with Crippen molar-refractivity contribution in [2.45, 2.75) is 76.2 Å². The highest BCUT2D eigenvalue weighted by molar-refractivity contribution is 7.89. The van der Waals surface area contributed by atoms with Crippen molar-refractivity contribution >= 4 is 15.5 Å². The summed E-state index contributed by atoms with van der Waals surface area (Å²) in [4.78, 5) is 21.3. The average molecular weight is 698 g/mol. The fourth-order valence-corrected chi connectivity index (χ4v) is 7.99. The molecule has 14 heteroatoms. The van der Waals surface area contributed by atoms with E-state index in [2.05, 4.69) is 4.98 Å². The molecule has 0 spiro atoms. The first-order chi connectivity index (χ1) is 23.7. The third kappa shape index (κ3) is 7.71. The Bertz CT molecular complexity index is 1890. The van der Waals surface area contributed by atoms with Crippen molar-refractivity contribution in [3.05, 3.63) is 57.8 Å². The normalized spacial score (nSPS) is 14.3. The maximum absolute atomic E-state index is 14.4. The van der Waals surface area contributed by atoms with E-state index in [9.17, 15) is 13.2 Å². The number of hydrogen-bond acceptors (Lipinski definition) is 10. The number of nitrogens with zero attached hydrogens (tertiary/aromatic N) is 4. The Hall–Kier alpha value is -4.14. The molecular weight excluding hydrogens is 650 g/mol. The van der Waals surface area contributed by atoms with Gasteiger partial charge in [-0.15, -0.1) is 5.10 Å². The summed E-state index contributed by atoms with van der Waals surface area (Å²) in [6.07, 6.45) is 6.97. The molecule has 0 amide bonds. The van der Waals surface area contributed by atoms with Crippen LogP contribution >= 0.6 is 0 Å². The molecule has 2 aromatic carbocycles. The van der Waals surface area contributed by atoms with Gasteiger partial charge in [0.2, 0.25) is 15.8 Å². The zero-order valence-electron chi connectivity index (χ0n) is 29.2. The molecule has 0 saturated heterocycles. The minimum Gasteiger partial charge on any atom is -0.493 e. The Labute approximate surface area is 287 Å². The van der Waals surface area contributed by atoms with Crippen molar-refractivity contribution in [2.24, 2.45) is 0 Å². The monoisotopic (exact) mass is 697 g/mol. The summed E-state index contributed by atoms with van der Waals surface area (Å²) in [5.74, 6) is 2.77. The quantitative estimate of drug-likeness (QED) is 0.125. The molecule has 5 rings (SSSR count). The number of nitrogens with one attached hydrogen (secondary N) is 1. The molecule has 0 radical (unpaired) electrons. The van der Waals surface area contributed by atoms with Crippen molar-refractivity contribution < 1.29 is 32.1 Å². The van der Waals surface area contributed by atoms with Gasteiger partial charge in [-0.2, -0.15) is 4.31 Å². The Morgan fingerprint density at radius 3 is 2.27 bits per heavy atom. The molecule has 1 fully saturated rings. The second-order valence-electron chi connectivity index (χ2n) is 12.1. The Morgan fingerprint density at radius 2 is 1.65 bits per heavy atom. The van der Waals surface area contributed by atoms with Crippen molar-refractivity contribution in [2.75, 3.05) is 48.2 Å². The molecule has 2 heterocycles. The lowest BCUT2D eigenvalue weighted by Crippen LogP contribution is -2.32. The molecule has 13 nitrogen and oxygen atoms in total. The second kappa shape index (κ2) is 16.0. The molecule has 49 heavy (non-hydrogen) atoms. The number of aromatic nitrogens is 4. The van der Waals surface area contributed by atoms with Crippen molar-refractivity contribution in [3.63, 3.8) is 0 Å². The number of aromatic amines is 1. The topological polar surface area (TPSA) is 147 Å². The van der Waals surface area contributed by atoms with Crippen LogP contribution in [0.15, 0.2) is 40.0 Å². The molecule has 0 unspecified atom stereocenters. The van der Waals surface area contributed by atoms with Crippen LogP contribution in [0.2, 0.25) is 0 Å². The van der Waals surface area contributed by atoms with Gasteiger partial charge in [-0.05, 0) is 69.0 Å². The molecule has 266 valence electrons. The zero-order chi connectivity index (χ0) is 35.1. The molecule has 0 atom stereocenters. The van der Waals surface area contributed by atoms with Crippen LogP contribution in [0.1, 0.15) is 74.9 Å². The molecule has 4 aromatic rings. The molecule has 0 bridgehead atoms. The van der Waals surface area contributed by atoms with Crippen LogP contribution in [-0.2, 0) is 21.3 Å². The summed E-state index contributed by atoms with van der Waals surface area (Å²) in [5, 5.41) is 4.88. The van der Waals surface area contributed by atoms with E-state index in [1.54, 1.807) is 29.8 Å². The summed E-state index contributed by atoms with van der Waals surface area (Å²) in [5.41, 5.74) is 1.64. The van der Waals surface area contributed by atoms with Crippen LogP contribution in [0.3, 0.4) is 0 Å². The highest BCUT2D eigenvalue weighted by Gasteiger charge is 2.29. The Balaban J connectivity index is 1.60. The number of fused-ring (bicyclic) bond motifs is 1. The van der Waals surface area contributed by atoms with Crippen molar-refractivity contribution in [1.29, 1.82) is 0 Å². The summed E-state index contributed by atoms with van der Waals surface area (Å²) in [6, 6.07) is 8.09. The van der Waals surface area contributed by atoms with Gasteiger partial charge in [-0.1, -0.05) is 25.7 Å². The van der Waals surface area contributed by atoms with Gasteiger partial charge in [0.05, 0.1) is 44.1 Å². The SMILES string of the molecule is CCOc1ccc(S(=O)(=O)N(CCCOC)Cc2cc(OC)c(OC)c(OC)c2)cc1-c1nn2c(C3CCCCCC3)nc(C)c2c(=O)[nH]1. The van der Waals surface area contributed by atoms with Crippen LogP contribution < -0.4 is 24.5 Å². The zero-order valence-corrected chi connectivity index (χ0v) is 30.0. The summed E-state index contributed by atoms with van der Waals surface area (Å²) in [6.45, 7) is 4.55. The average Bonchev–Trinajstić information content (AvgIpc) is 3.24. The lowest BCUT2D eigenvalue weighted by atomic mass is 10.00. The number of ether oxygens (including phenoxy) is 5. The molecular formula is C35H47N5O8S. The predicted molar refractivity (Wildman–Crippen MR) is 186 cm³/mol. The smallest absolute Gasteiger partial charge is 0.277 e. The van der Waals surface area contributed by atoms with E-state index < -0.39 is 10.0 Å². The number of H-pyrrole nitrogens is 1. The van der Waals surface area contributed by atoms with E-state index in [1.807, 2.05) is 13.8 Å². The van der Waals surface area contributed by atoms with Gasteiger partial charge in [0.1, 0.15) is 11.6 Å². The minimum atomic E-state index is -4.10. The molecule has 1 N–H and O–H groups in total. The molecule has 1 saturated carbocycles. The van der Waals surface area contributed by atoms with Gasteiger partial charge >= 0.3 is 0 Å². The third-order valence-electron chi connectivity index (χ3n) is 8.90. The number of benzene rings is 2. The van der Waals surface area contributed by atoms with Crippen LogP contribution in [0.4, 0.5) is 0 Å². The van der Waals surface area contributed by atoms with Gasteiger partial charge in [0.15, 0.2) is 22.8 Å². The van der Waals surface area contributed by atoms with Crippen LogP contribution in [-0.4, -0.2) is 80.5 Å². The first-order valence-corrected chi connectivity index (χ1v) is 18.2. The van der Waals surface area contributed by atoms with Gasteiger partial charge < -0.3 is 28.7 Å². The minimum absolute atomic E-state index is 0.0179. The van der Waals surface area contributed by atoms with Gasteiger partial charge in [-0.3, -0.25) is 4.79 Å². The molecule has 1 aliphatic carbocycles. The number of aryl methyl sites for hydroxylation is 1. The first kappa shape index (κ1) is 36.1. The fourth-order valence-electron chi connectivity index (χ4n) is 6.50. The fraction of sp³-hybridized carbons (Fsp3) is 0.514. The lowest BCUT2D eigenvalue weighted by Gasteiger charge is -2.24. The van der Waals surface area contributed by atoms with E-state index in [0.29, 0.717) is 65.0 Å². The number of methoxy groups -OCH3 is 4. The van der Waals surface area contributed by atoms with Crippen LogP contribution in [0.5, 0.6) is 23.0 Å². The van der Waals surface area contributed by atoms with Crippen LogP contribution in [0.25, 0.3) is 16.9 Å². The van der Waals surface area contributed by atoms with Crippen LogP contribution in [0, 0.1) is 6.92 Å². The first-order valence-electron chi connectivity index (χ1n) is 16.7.